The molecule has 0 saturated heterocycles. The van der Waals surface area contributed by atoms with Gasteiger partial charge in [-0.25, -0.2) is 13.1 Å². The number of rotatable bonds is 9. The van der Waals surface area contributed by atoms with E-state index in [1.165, 1.54) is 5.56 Å². The van der Waals surface area contributed by atoms with E-state index in [0.717, 1.165) is 31.0 Å². The summed E-state index contributed by atoms with van der Waals surface area (Å²) in [5.41, 5.74) is 1.18. The normalized spacial score (nSPS) is 13.3. The fraction of sp³-hybridized carbons (Fsp3) is 0.600. The van der Waals surface area contributed by atoms with Gasteiger partial charge in [0.25, 0.3) is 0 Å². The minimum absolute atomic E-state index is 0.353. The van der Waals surface area contributed by atoms with Crippen molar-refractivity contribution in [3.63, 3.8) is 0 Å². The molecule has 0 aromatic heterocycles. The molecule has 0 amide bonds. The summed E-state index contributed by atoms with van der Waals surface area (Å²) in [6, 6.07) is 7.18. The first-order valence-corrected chi connectivity index (χ1v) is 9.78. The second kappa shape index (κ2) is 8.80. The Labute approximate surface area is 131 Å². The van der Waals surface area contributed by atoms with Gasteiger partial charge in [-0.2, -0.15) is 0 Å². The second-order valence-corrected chi connectivity index (χ2v) is 7.56. The lowest BCUT2D eigenvalue weighted by molar-refractivity contribution is 0.483. The lowest BCUT2D eigenvalue weighted by Crippen LogP contribution is -2.29. The highest BCUT2D eigenvalue weighted by atomic mass is 79.9. The van der Waals surface area contributed by atoms with Crippen molar-refractivity contribution in [1.82, 2.24) is 4.72 Å². The molecule has 1 unspecified atom stereocenters. The van der Waals surface area contributed by atoms with E-state index in [4.69, 9.17) is 0 Å². The topological polar surface area (TPSA) is 46.2 Å². The lowest BCUT2D eigenvalue weighted by atomic mass is 10.0. The predicted molar refractivity (Wildman–Crippen MR) is 87.8 cm³/mol. The Balaban J connectivity index is 2.68. The number of hydrogen-bond donors (Lipinski definition) is 1. The number of sulfonamides is 1. The zero-order valence-corrected chi connectivity index (χ0v) is 14.6. The van der Waals surface area contributed by atoms with Crippen molar-refractivity contribution in [2.45, 2.75) is 44.4 Å². The van der Waals surface area contributed by atoms with Crippen molar-refractivity contribution < 1.29 is 8.42 Å². The fourth-order valence-electron chi connectivity index (χ4n) is 2.04. The van der Waals surface area contributed by atoms with E-state index in [-0.39, 0.29) is 0 Å². The maximum atomic E-state index is 12.2. The summed E-state index contributed by atoms with van der Waals surface area (Å²) >= 11 is 3.40. The number of hydrogen-bond acceptors (Lipinski definition) is 2. The molecule has 0 bridgehead atoms. The molecule has 3 nitrogen and oxygen atoms in total. The van der Waals surface area contributed by atoms with Crippen molar-refractivity contribution in [2.75, 3.05) is 11.9 Å². The van der Waals surface area contributed by atoms with Gasteiger partial charge in [-0.3, -0.25) is 0 Å². The maximum absolute atomic E-state index is 12.2. The molecule has 0 heterocycles. The van der Waals surface area contributed by atoms with E-state index >= 15 is 0 Å². The third-order valence-corrected chi connectivity index (χ3v) is 5.33. The molecule has 0 aliphatic carbocycles. The van der Waals surface area contributed by atoms with E-state index in [1.54, 1.807) is 12.1 Å². The molecule has 1 rings (SSSR count). The van der Waals surface area contributed by atoms with Crippen LogP contribution in [-0.4, -0.2) is 20.3 Å². The number of aryl methyl sites for hydroxylation is 1. The van der Waals surface area contributed by atoms with Crippen LogP contribution in [0, 0.1) is 5.92 Å². The summed E-state index contributed by atoms with van der Waals surface area (Å²) in [6.45, 7) is 4.70. The highest BCUT2D eigenvalue weighted by molar-refractivity contribution is 9.09. The fourth-order valence-corrected chi connectivity index (χ4v) is 3.80. The van der Waals surface area contributed by atoms with Gasteiger partial charge in [-0.15, -0.1) is 0 Å². The average molecular weight is 362 g/mol. The molecule has 20 heavy (non-hydrogen) atoms. The van der Waals surface area contributed by atoms with Crippen LogP contribution in [0.3, 0.4) is 0 Å². The van der Waals surface area contributed by atoms with Crippen LogP contribution in [0.5, 0.6) is 0 Å². The third kappa shape index (κ3) is 5.54. The van der Waals surface area contributed by atoms with E-state index in [2.05, 4.69) is 34.5 Å². The van der Waals surface area contributed by atoms with Crippen LogP contribution in [0.2, 0.25) is 0 Å². The van der Waals surface area contributed by atoms with Gasteiger partial charge < -0.3 is 0 Å². The zero-order valence-electron chi connectivity index (χ0n) is 12.2. The van der Waals surface area contributed by atoms with E-state index in [0.29, 0.717) is 17.4 Å². The molecule has 0 spiro atoms. The minimum atomic E-state index is -3.38. The SMILES string of the molecule is CCCc1ccc(S(=O)(=O)NCC(CC)CCBr)cc1. The molecule has 1 atom stereocenters. The number of nitrogens with one attached hydrogen (secondary N) is 1. The molecule has 1 aromatic rings. The lowest BCUT2D eigenvalue weighted by Gasteiger charge is -2.14. The van der Waals surface area contributed by atoms with Crippen molar-refractivity contribution in [2.24, 2.45) is 5.92 Å². The van der Waals surface area contributed by atoms with Crippen LogP contribution in [-0.2, 0) is 16.4 Å². The predicted octanol–water partition coefficient (Wildman–Crippen LogP) is 3.73. The van der Waals surface area contributed by atoms with Crippen LogP contribution in [0.15, 0.2) is 29.2 Å². The van der Waals surface area contributed by atoms with Gasteiger partial charge in [-0.05, 0) is 36.5 Å². The van der Waals surface area contributed by atoms with Crippen molar-refractivity contribution in [3.8, 4) is 0 Å². The summed E-state index contributed by atoms with van der Waals surface area (Å²) < 4.78 is 27.1. The highest BCUT2D eigenvalue weighted by Gasteiger charge is 2.15. The smallest absolute Gasteiger partial charge is 0.211 e. The second-order valence-electron chi connectivity index (χ2n) is 5.00. The Kier molecular flexibility index (Phi) is 7.77. The largest absolute Gasteiger partial charge is 0.240 e. The highest BCUT2D eigenvalue weighted by Crippen LogP contribution is 2.14. The van der Waals surface area contributed by atoms with Crippen molar-refractivity contribution in [1.29, 1.82) is 0 Å². The van der Waals surface area contributed by atoms with Gasteiger partial charge >= 0.3 is 0 Å². The number of alkyl halides is 1. The molecule has 1 N–H and O–H groups in total. The van der Waals surface area contributed by atoms with Crippen LogP contribution >= 0.6 is 15.9 Å². The molecular weight excluding hydrogens is 338 g/mol. The summed E-state index contributed by atoms with van der Waals surface area (Å²) in [6.07, 6.45) is 4.00. The minimum Gasteiger partial charge on any atom is -0.211 e. The molecule has 114 valence electrons. The standard InChI is InChI=1S/C15H24BrNO2S/c1-3-5-14-6-8-15(9-7-14)20(18,19)17-12-13(4-2)10-11-16/h6-9,13,17H,3-5,10-12H2,1-2H3. The molecule has 5 heteroatoms. The molecule has 0 radical (unpaired) electrons. The molecule has 0 aliphatic rings. The van der Waals surface area contributed by atoms with Gasteiger partial charge in [0.2, 0.25) is 10.0 Å². The van der Waals surface area contributed by atoms with Crippen LogP contribution < -0.4 is 4.72 Å². The van der Waals surface area contributed by atoms with E-state index < -0.39 is 10.0 Å². The third-order valence-electron chi connectivity index (χ3n) is 3.43. The summed E-state index contributed by atoms with van der Waals surface area (Å²) in [5, 5.41) is 0.902. The van der Waals surface area contributed by atoms with Gasteiger partial charge in [0.05, 0.1) is 4.90 Å². The first-order chi connectivity index (χ1) is 9.53. The number of halogens is 1. The summed E-state index contributed by atoms with van der Waals surface area (Å²) in [7, 11) is -3.38. The van der Waals surface area contributed by atoms with Gasteiger partial charge in [0, 0.05) is 11.9 Å². The van der Waals surface area contributed by atoms with Gasteiger partial charge in [0.15, 0.2) is 0 Å². The monoisotopic (exact) mass is 361 g/mol. The summed E-state index contributed by atoms with van der Waals surface area (Å²) in [4.78, 5) is 0.353. The first kappa shape index (κ1) is 17.7. The van der Waals surface area contributed by atoms with E-state index in [9.17, 15) is 8.42 Å². The first-order valence-electron chi connectivity index (χ1n) is 7.18. The average Bonchev–Trinajstić information content (AvgIpc) is 2.44. The quantitative estimate of drug-likeness (QED) is 0.681. The van der Waals surface area contributed by atoms with Crippen LogP contribution in [0.4, 0.5) is 0 Å². The van der Waals surface area contributed by atoms with Crippen molar-refractivity contribution in [3.05, 3.63) is 29.8 Å². The van der Waals surface area contributed by atoms with Crippen molar-refractivity contribution >= 4 is 26.0 Å². The van der Waals surface area contributed by atoms with Crippen LogP contribution in [0.25, 0.3) is 0 Å². The van der Waals surface area contributed by atoms with Crippen LogP contribution in [0.1, 0.15) is 38.7 Å². The number of benzene rings is 1. The van der Waals surface area contributed by atoms with E-state index in [1.807, 2.05) is 12.1 Å². The van der Waals surface area contributed by atoms with Gasteiger partial charge in [0.1, 0.15) is 0 Å². The zero-order chi connectivity index (χ0) is 15.0. The molecule has 0 fully saturated rings. The Morgan fingerprint density at radius 2 is 1.85 bits per heavy atom. The summed E-state index contributed by atoms with van der Waals surface area (Å²) in [5.74, 6) is 0.378. The Morgan fingerprint density at radius 1 is 1.20 bits per heavy atom. The Bertz CT molecular complexity index is 485. The van der Waals surface area contributed by atoms with Gasteiger partial charge in [-0.1, -0.05) is 54.8 Å². The molecular formula is C15H24BrNO2S. The molecule has 0 aliphatic heterocycles. The maximum Gasteiger partial charge on any atom is 0.240 e. The Morgan fingerprint density at radius 3 is 2.35 bits per heavy atom. The molecule has 0 saturated carbocycles. The molecule has 1 aromatic carbocycles. The Hall–Kier alpha value is -0.390.